The molecule has 1 fully saturated rings. The summed E-state index contributed by atoms with van der Waals surface area (Å²) in [6, 6.07) is 4.15. The molecule has 2 rings (SSSR count). The summed E-state index contributed by atoms with van der Waals surface area (Å²) in [5.74, 6) is 1.88. The maximum atomic E-state index is 6.11. The molecule has 19 heavy (non-hydrogen) atoms. The van der Waals surface area contributed by atoms with Gasteiger partial charge in [0.15, 0.2) is 0 Å². The first-order valence-electron chi connectivity index (χ1n) is 6.93. The molecule has 2 N–H and O–H groups in total. The monoisotopic (exact) mass is 266 g/mol. The zero-order valence-corrected chi connectivity index (χ0v) is 12.7. The van der Waals surface area contributed by atoms with Gasteiger partial charge in [-0.1, -0.05) is 0 Å². The van der Waals surface area contributed by atoms with Gasteiger partial charge in [0.25, 0.3) is 0 Å². The zero-order valence-electron chi connectivity index (χ0n) is 12.7. The Labute approximate surface area is 115 Å². The first-order valence-corrected chi connectivity index (χ1v) is 6.93. The van der Waals surface area contributed by atoms with E-state index in [2.05, 4.69) is 32.6 Å². The Kier molecular flexibility index (Phi) is 3.78. The molecule has 1 unspecified atom stereocenters. The highest BCUT2D eigenvalue weighted by molar-refractivity contribution is 5.11. The average Bonchev–Trinajstić information content (AvgIpc) is 2.61. The number of furan rings is 1. The van der Waals surface area contributed by atoms with E-state index in [0.717, 1.165) is 24.6 Å². The number of ether oxygens (including phenoxy) is 1. The average molecular weight is 266 g/mol. The van der Waals surface area contributed by atoms with E-state index in [1.165, 1.54) is 0 Å². The normalized spacial score (nSPS) is 24.3. The van der Waals surface area contributed by atoms with Crippen molar-refractivity contribution in [2.45, 2.75) is 51.9 Å². The number of hydrogen-bond acceptors (Lipinski definition) is 4. The second-order valence-corrected chi connectivity index (χ2v) is 6.73. The standard InChI is InChI=1S/C15H26N2O2/c1-11-6-7-13(18-11)12(8-16)17-9-14(2,3)19-15(4,5)10-17/h6-7,12H,8-10,16H2,1-5H3. The molecule has 1 atom stereocenters. The SMILES string of the molecule is Cc1ccc(C(CN)N2CC(C)(C)OC(C)(C)C2)o1. The number of nitrogens with zero attached hydrogens (tertiary/aromatic N) is 1. The molecule has 0 aromatic carbocycles. The molecule has 0 radical (unpaired) electrons. The molecule has 4 nitrogen and oxygen atoms in total. The number of nitrogens with two attached hydrogens (primary N) is 1. The molecule has 2 heterocycles. The lowest BCUT2D eigenvalue weighted by molar-refractivity contribution is -0.188. The van der Waals surface area contributed by atoms with E-state index in [1.54, 1.807) is 0 Å². The van der Waals surface area contributed by atoms with Crippen LogP contribution in [0, 0.1) is 6.92 Å². The number of rotatable bonds is 3. The third-order valence-electron chi connectivity index (χ3n) is 3.47. The third-order valence-corrected chi connectivity index (χ3v) is 3.47. The third kappa shape index (κ3) is 3.38. The Morgan fingerprint density at radius 1 is 1.21 bits per heavy atom. The second-order valence-electron chi connectivity index (χ2n) is 6.73. The van der Waals surface area contributed by atoms with E-state index >= 15 is 0 Å². The molecular formula is C15H26N2O2. The van der Waals surface area contributed by atoms with Gasteiger partial charge in [-0.15, -0.1) is 0 Å². The van der Waals surface area contributed by atoms with Crippen LogP contribution in [-0.2, 0) is 4.74 Å². The lowest BCUT2D eigenvalue weighted by Gasteiger charge is -2.49. The summed E-state index contributed by atoms with van der Waals surface area (Å²) in [5, 5.41) is 0. The van der Waals surface area contributed by atoms with Gasteiger partial charge in [-0.05, 0) is 46.8 Å². The van der Waals surface area contributed by atoms with Crippen LogP contribution in [0.15, 0.2) is 16.5 Å². The van der Waals surface area contributed by atoms with E-state index in [1.807, 2.05) is 19.1 Å². The molecule has 0 saturated carbocycles. The second kappa shape index (κ2) is 4.93. The topological polar surface area (TPSA) is 51.6 Å². The number of aryl methyl sites for hydroxylation is 1. The molecule has 1 aromatic rings. The molecule has 0 bridgehead atoms. The van der Waals surface area contributed by atoms with Gasteiger partial charge in [-0.3, -0.25) is 4.90 Å². The van der Waals surface area contributed by atoms with Crippen LogP contribution in [0.2, 0.25) is 0 Å². The zero-order chi connectivity index (χ0) is 14.3. The van der Waals surface area contributed by atoms with Crippen molar-refractivity contribution in [1.82, 2.24) is 4.90 Å². The van der Waals surface area contributed by atoms with Crippen LogP contribution >= 0.6 is 0 Å². The van der Waals surface area contributed by atoms with E-state index < -0.39 is 0 Å². The Hall–Kier alpha value is -0.840. The van der Waals surface area contributed by atoms with Gasteiger partial charge in [0.05, 0.1) is 17.2 Å². The van der Waals surface area contributed by atoms with Crippen molar-refractivity contribution in [2.24, 2.45) is 5.73 Å². The fraction of sp³-hybridized carbons (Fsp3) is 0.733. The highest BCUT2D eigenvalue weighted by Crippen LogP contribution is 2.33. The van der Waals surface area contributed by atoms with Crippen LogP contribution in [0.5, 0.6) is 0 Å². The maximum absolute atomic E-state index is 6.11. The van der Waals surface area contributed by atoms with E-state index in [4.69, 9.17) is 14.9 Å². The molecule has 0 aliphatic carbocycles. The quantitative estimate of drug-likeness (QED) is 0.913. The lowest BCUT2D eigenvalue weighted by atomic mass is 9.96. The van der Waals surface area contributed by atoms with Crippen molar-refractivity contribution in [3.8, 4) is 0 Å². The molecule has 1 aromatic heterocycles. The van der Waals surface area contributed by atoms with Crippen molar-refractivity contribution in [2.75, 3.05) is 19.6 Å². The number of hydrogen-bond donors (Lipinski definition) is 1. The summed E-state index contributed by atoms with van der Waals surface area (Å²) in [5.41, 5.74) is 5.64. The predicted molar refractivity (Wildman–Crippen MR) is 76.1 cm³/mol. The van der Waals surface area contributed by atoms with Gasteiger partial charge in [-0.25, -0.2) is 0 Å². The van der Waals surface area contributed by atoms with Crippen molar-refractivity contribution >= 4 is 0 Å². The lowest BCUT2D eigenvalue weighted by Crippen LogP contribution is -2.58. The van der Waals surface area contributed by atoms with Gasteiger partial charge < -0.3 is 14.9 Å². The van der Waals surface area contributed by atoms with Crippen molar-refractivity contribution in [3.05, 3.63) is 23.7 Å². The highest BCUT2D eigenvalue weighted by Gasteiger charge is 2.41. The van der Waals surface area contributed by atoms with Crippen molar-refractivity contribution < 1.29 is 9.15 Å². The van der Waals surface area contributed by atoms with Gasteiger partial charge in [-0.2, -0.15) is 0 Å². The van der Waals surface area contributed by atoms with E-state index in [0.29, 0.717) is 6.54 Å². The number of morpholine rings is 1. The Balaban J connectivity index is 2.23. The van der Waals surface area contributed by atoms with Crippen LogP contribution < -0.4 is 5.73 Å². The maximum Gasteiger partial charge on any atom is 0.122 e. The van der Waals surface area contributed by atoms with Gasteiger partial charge in [0.1, 0.15) is 11.5 Å². The fourth-order valence-corrected chi connectivity index (χ4v) is 3.14. The molecule has 4 heteroatoms. The van der Waals surface area contributed by atoms with Crippen LogP contribution in [0.1, 0.15) is 45.3 Å². The van der Waals surface area contributed by atoms with Crippen LogP contribution in [0.4, 0.5) is 0 Å². The Morgan fingerprint density at radius 2 is 1.79 bits per heavy atom. The predicted octanol–water partition coefficient (Wildman–Crippen LogP) is 2.48. The Bertz CT molecular complexity index is 421. The summed E-state index contributed by atoms with van der Waals surface area (Å²) >= 11 is 0. The molecule has 108 valence electrons. The van der Waals surface area contributed by atoms with Crippen LogP contribution in [-0.4, -0.2) is 35.7 Å². The summed E-state index contributed by atoms with van der Waals surface area (Å²) in [4.78, 5) is 2.38. The minimum atomic E-state index is -0.170. The highest BCUT2D eigenvalue weighted by atomic mass is 16.5. The van der Waals surface area contributed by atoms with Crippen LogP contribution in [0.3, 0.4) is 0 Å². The Morgan fingerprint density at radius 3 is 2.21 bits per heavy atom. The summed E-state index contributed by atoms with van der Waals surface area (Å²) in [7, 11) is 0. The molecule has 1 aliphatic heterocycles. The smallest absolute Gasteiger partial charge is 0.122 e. The molecule has 0 amide bonds. The first kappa shape index (κ1) is 14.6. The van der Waals surface area contributed by atoms with E-state index in [9.17, 15) is 0 Å². The minimum absolute atomic E-state index is 0.121. The van der Waals surface area contributed by atoms with Gasteiger partial charge >= 0.3 is 0 Å². The van der Waals surface area contributed by atoms with Crippen LogP contribution in [0.25, 0.3) is 0 Å². The molecule has 0 spiro atoms. The largest absolute Gasteiger partial charge is 0.465 e. The summed E-state index contributed by atoms with van der Waals surface area (Å²) in [6.45, 7) is 12.7. The van der Waals surface area contributed by atoms with E-state index in [-0.39, 0.29) is 17.2 Å². The molecular weight excluding hydrogens is 240 g/mol. The summed E-state index contributed by atoms with van der Waals surface area (Å²) < 4.78 is 11.9. The van der Waals surface area contributed by atoms with Crippen molar-refractivity contribution in [3.63, 3.8) is 0 Å². The van der Waals surface area contributed by atoms with Gasteiger partial charge in [0.2, 0.25) is 0 Å². The molecule has 1 aliphatic rings. The van der Waals surface area contributed by atoms with Crippen molar-refractivity contribution in [1.29, 1.82) is 0 Å². The van der Waals surface area contributed by atoms with Gasteiger partial charge in [0, 0.05) is 19.6 Å². The summed E-state index contributed by atoms with van der Waals surface area (Å²) in [6.07, 6.45) is 0. The minimum Gasteiger partial charge on any atom is -0.465 e. The molecule has 1 saturated heterocycles. The first-order chi connectivity index (χ1) is 8.72. The fourth-order valence-electron chi connectivity index (χ4n) is 3.14.